The quantitative estimate of drug-likeness (QED) is 0.797. The van der Waals surface area contributed by atoms with Crippen molar-refractivity contribution in [2.45, 2.75) is 26.2 Å². The molecule has 2 aromatic rings. The minimum absolute atomic E-state index is 0.116. The lowest BCUT2D eigenvalue weighted by Gasteiger charge is -2.23. The highest BCUT2D eigenvalue weighted by molar-refractivity contribution is 8.03. The Morgan fingerprint density at radius 1 is 1.37 bits per heavy atom. The van der Waals surface area contributed by atoms with Gasteiger partial charge in [-0.3, -0.25) is 9.59 Å². The van der Waals surface area contributed by atoms with Crippen LogP contribution in [-0.2, 0) is 9.59 Å². The second kappa shape index (κ2) is 8.42. The molecule has 0 fully saturated rings. The fraction of sp³-hybridized carbons (Fsp3) is 0.250. The fourth-order valence-electron chi connectivity index (χ4n) is 3.05. The van der Waals surface area contributed by atoms with E-state index in [2.05, 4.69) is 16.7 Å². The Hall–Kier alpha value is -2.56. The number of thiophene rings is 1. The third-order valence-electron chi connectivity index (χ3n) is 4.10. The van der Waals surface area contributed by atoms with Crippen molar-refractivity contribution >= 4 is 40.6 Å². The summed E-state index contributed by atoms with van der Waals surface area (Å²) in [6, 6.07) is 11.9. The molecule has 2 N–H and O–H groups in total. The first kappa shape index (κ1) is 19.2. The second-order valence-corrected chi connectivity index (χ2v) is 8.35. The van der Waals surface area contributed by atoms with Crippen LogP contribution in [0.25, 0.3) is 0 Å². The molecule has 1 atom stereocenters. The summed E-state index contributed by atoms with van der Waals surface area (Å²) in [5, 5.41) is 17.6. The Kier molecular flexibility index (Phi) is 5.99. The number of carbonyl (C=O) groups excluding carboxylic acids is 2. The Labute approximate surface area is 166 Å². The Morgan fingerprint density at radius 3 is 2.74 bits per heavy atom. The van der Waals surface area contributed by atoms with Crippen LogP contribution in [0.4, 0.5) is 5.69 Å². The molecule has 5 nitrogen and oxygen atoms in total. The van der Waals surface area contributed by atoms with Crippen molar-refractivity contribution in [3.63, 3.8) is 0 Å². The van der Waals surface area contributed by atoms with Crippen molar-refractivity contribution in [1.29, 1.82) is 5.26 Å². The Balaban J connectivity index is 1.72. The average molecular weight is 398 g/mol. The summed E-state index contributed by atoms with van der Waals surface area (Å²) in [5.41, 5.74) is 3.41. The van der Waals surface area contributed by atoms with E-state index in [1.165, 1.54) is 23.1 Å². The minimum Gasteiger partial charge on any atom is -0.325 e. The summed E-state index contributed by atoms with van der Waals surface area (Å²) < 4.78 is 0. The third-order valence-corrected chi connectivity index (χ3v) is 6.10. The number of allylic oxidation sites excluding steroid dienone is 1. The van der Waals surface area contributed by atoms with E-state index in [-0.39, 0.29) is 29.9 Å². The smallest absolute Gasteiger partial charge is 0.234 e. The Bertz CT molecular complexity index is 922. The van der Waals surface area contributed by atoms with Crippen LogP contribution in [0.15, 0.2) is 46.3 Å². The number of thioether (sulfide) groups is 1. The van der Waals surface area contributed by atoms with Gasteiger partial charge in [0.15, 0.2) is 0 Å². The molecule has 0 bridgehead atoms. The molecule has 2 amide bonds. The van der Waals surface area contributed by atoms with Gasteiger partial charge in [0, 0.05) is 22.9 Å². The first-order valence-electron chi connectivity index (χ1n) is 8.44. The number of anilines is 1. The van der Waals surface area contributed by atoms with Gasteiger partial charge >= 0.3 is 0 Å². The van der Waals surface area contributed by atoms with Crippen LogP contribution < -0.4 is 10.6 Å². The average Bonchev–Trinajstić information content (AvgIpc) is 3.13. The fourth-order valence-corrected chi connectivity index (χ4v) is 4.76. The van der Waals surface area contributed by atoms with Gasteiger partial charge in [0.25, 0.3) is 0 Å². The van der Waals surface area contributed by atoms with Gasteiger partial charge in [0.1, 0.15) is 0 Å². The van der Waals surface area contributed by atoms with Crippen LogP contribution in [0.1, 0.15) is 28.3 Å². The molecule has 0 unspecified atom stereocenters. The molecule has 1 aliphatic rings. The van der Waals surface area contributed by atoms with E-state index >= 15 is 0 Å². The van der Waals surface area contributed by atoms with Crippen molar-refractivity contribution in [3.05, 3.63) is 62.3 Å². The van der Waals surface area contributed by atoms with Gasteiger partial charge in [-0.1, -0.05) is 23.9 Å². The zero-order valence-corrected chi connectivity index (χ0v) is 16.7. The molecule has 1 aliphatic heterocycles. The predicted octanol–water partition coefficient (Wildman–Crippen LogP) is 4.08. The third kappa shape index (κ3) is 4.79. The zero-order chi connectivity index (χ0) is 19.4. The minimum atomic E-state index is -0.242. The number of hydrogen-bond acceptors (Lipinski definition) is 5. The molecule has 0 saturated heterocycles. The number of carbonyl (C=O) groups is 2. The van der Waals surface area contributed by atoms with Crippen molar-refractivity contribution in [2.24, 2.45) is 0 Å². The van der Waals surface area contributed by atoms with E-state index < -0.39 is 0 Å². The number of benzene rings is 1. The lowest BCUT2D eigenvalue weighted by atomic mass is 9.93. The largest absolute Gasteiger partial charge is 0.325 e. The SMILES string of the molecule is Cc1cc(C)cc(NC(=O)CSC2=C(C#N)[C@H](c3cccs3)CC(=O)N2)c1. The number of nitrogens with one attached hydrogen (secondary N) is 2. The molecular formula is C20H19N3O2S2. The lowest BCUT2D eigenvalue weighted by Crippen LogP contribution is -2.31. The first-order valence-corrected chi connectivity index (χ1v) is 10.3. The van der Waals surface area contributed by atoms with Gasteiger partial charge < -0.3 is 10.6 Å². The summed E-state index contributed by atoms with van der Waals surface area (Å²) in [6.45, 7) is 3.95. The highest BCUT2D eigenvalue weighted by Gasteiger charge is 2.30. The zero-order valence-electron chi connectivity index (χ0n) is 15.0. The van der Waals surface area contributed by atoms with Crippen LogP contribution in [0.5, 0.6) is 0 Å². The second-order valence-electron chi connectivity index (χ2n) is 6.39. The number of nitriles is 1. The van der Waals surface area contributed by atoms with E-state index in [1.54, 1.807) is 0 Å². The van der Waals surface area contributed by atoms with Crippen LogP contribution in [-0.4, -0.2) is 17.6 Å². The van der Waals surface area contributed by atoms with Crippen LogP contribution >= 0.6 is 23.1 Å². The molecule has 7 heteroatoms. The standard InChI is InChI=1S/C20H19N3O2S2/c1-12-6-13(2)8-14(7-12)22-19(25)11-27-20-16(10-21)15(9-18(24)23-20)17-4-3-5-26-17/h3-8,15H,9,11H2,1-2H3,(H,22,25)(H,23,24)/t15-/m1/s1. The number of aryl methyl sites for hydroxylation is 2. The van der Waals surface area contributed by atoms with Gasteiger partial charge in [-0.2, -0.15) is 5.26 Å². The maximum Gasteiger partial charge on any atom is 0.234 e. The van der Waals surface area contributed by atoms with E-state index in [4.69, 9.17) is 0 Å². The molecule has 27 heavy (non-hydrogen) atoms. The normalized spacial score (nSPS) is 16.6. The molecule has 138 valence electrons. The maximum absolute atomic E-state index is 12.3. The van der Waals surface area contributed by atoms with Crippen LogP contribution in [0, 0.1) is 25.2 Å². The molecule has 1 aromatic heterocycles. The van der Waals surface area contributed by atoms with Gasteiger partial charge in [-0.25, -0.2) is 0 Å². The molecule has 0 spiro atoms. The van der Waals surface area contributed by atoms with E-state index in [9.17, 15) is 14.9 Å². The summed E-state index contributed by atoms with van der Waals surface area (Å²) in [4.78, 5) is 25.4. The van der Waals surface area contributed by atoms with Crippen LogP contribution in [0.3, 0.4) is 0 Å². The van der Waals surface area contributed by atoms with E-state index in [0.29, 0.717) is 10.6 Å². The van der Waals surface area contributed by atoms with Crippen molar-refractivity contribution in [3.8, 4) is 6.07 Å². The highest BCUT2D eigenvalue weighted by Crippen LogP contribution is 2.37. The predicted molar refractivity (Wildman–Crippen MR) is 109 cm³/mol. The summed E-state index contributed by atoms with van der Waals surface area (Å²) in [5.74, 6) is -0.439. The van der Waals surface area contributed by atoms with Crippen molar-refractivity contribution in [1.82, 2.24) is 5.32 Å². The van der Waals surface area contributed by atoms with Crippen molar-refractivity contribution < 1.29 is 9.59 Å². The first-order chi connectivity index (χ1) is 13.0. The maximum atomic E-state index is 12.3. The molecule has 3 rings (SSSR count). The van der Waals surface area contributed by atoms with Gasteiger partial charge in [-0.05, 0) is 48.6 Å². The number of nitrogens with zero attached hydrogens (tertiary/aromatic N) is 1. The van der Waals surface area contributed by atoms with Gasteiger partial charge in [0.2, 0.25) is 11.8 Å². The summed E-state index contributed by atoms with van der Waals surface area (Å²) >= 11 is 2.72. The number of hydrogen-bond donors (Lipinski definition) is 2. The molecule has 1 aromatic carbocycles. The van der Waals surface area contributed by atoms with Gasteiger partial charge in [0.05, 0.1) is 22.4 Å². The van der Waals surface area contributed by atoms with Crippen LogP contribution in [0.2, 0.25) is 0 Å². The monoisotopic (exact) mass is 397 g/mol. The number of amides is 2. The number of rotatable bonds is 5. The molecular weight excluding hydrogens is 378 g/mol. The molecule has 0 aliphatic carbocycles. The molecule has 0 saturated carbocycles. The molecule has 0 radical (unpaired) electrons. The van der Waals surface area contributed by atoms with Gasteiger partial charge in [-0.15, -0.1) is 11.3 Å². The summed E-state index contributed by atoms with van der Waals surface area (Å²) in [6.07, 6.45) is 0.252. The Morgan fingerprint density at radius 2 is 2.11 bits per heavy atom. The topological polar surface area (TPSA) is 82.0 Å². The highest BCUT2D eigenvalue weighted by atomic mass is 32.2. The van der Waals surface area contributed by atoms with E-state index in [1.807, 2.05) is 49.6 Å². The lowest BCUT2D eigenvalue weighted by molar-refractivity contribution is -0.121. The van der Waals surface area contributed by atoms with Crippen molar-refractivity contribution in [2.75, 3.05) is 11.1 Å². The molecule has 2 heterocycles. The van der Waals surface area contributed by atoms with E-state index in [0.717, 1.165) is 21.7 Å². The summed E-state index contributed by atoms with van der Waals surface area (Å²) in [7, 11) is 0.